The van der Waals surface area contributed by atoms with Gasteiger partial charge in [-0.3, -0.25) is 0 Å². The lowest BCUT2D eigenvalue weighted by molar-refractivity contribution is 0.625. The first-order valence-electron chi connectivity index (χ1n) is 5.79. The number of fused-ring (bicyclic) bond motifs is 1. The second kappa shape index (κ2) is 4.95. The highest BCUT2D eigenvalue weighted by atomic mass is 32.1. The number of allylic oxidation sites excluding steroid dienone is 1. The maximum Gasteiger partial charge on any atom is 0.0390 e. The molecule has 2 heteroatoms. The Kier molecular flexibility index (Phi) is 3.60. The van der Waals surface area contributed by atoms with Crippen molar-refractivity contribution in [3.8, 4) is 0 Å². The minimum Gasteiger partial charge on any atom is -0.323 e. The molecule has 1 nitrogen and oxygen atoms in total. The first-order chi connectivity index (χ1) is 7.31. The fourth-order valence-corrected chi connectivity index (χ4v) is 3.45. The highest BCUT2D eigenvalue weighted by Gasteiger charge is 2.17. The second-order valence-corrected chi connectivity index (χ2v) is 5.45. The van der Waals surface area contributed by atoms with Crippen molar-refractivity contribution in [3.05, 3.63) is 34.0 Å². The van der Waals surface area contributed by atoms with Gasteiger partial charge in [0.15, 0.2) is 0 Å². The highest BCUT2D eigenvalue weighted by molar-refractivity contribution is 7.12. The van der Waals surface area contributed by atoms with Crippen LogP contribution in [-0.4, -0.2) is 0 Å². The van der Waals surface area contributed by atoms with Gasteiger partial charge in [-0.15, -0.1) is 17.9 Å². The monoisotopic (exact) mass is 221 g/mol. The predicted molar refractivity (Wildman–Crippen MR) is 67.3 cm³/mol. The second-order valence-electron chi connectivity index (χ2n) is 4.28. The van der Waals surface area contributed by atoms with Crippen LogP contribution in [0.2, 0.25) is 0 Å². The molecule has 0 radical (unpaired) electrons. The molecule has 0 bridgehead atoms. The minimum absolute atomic E-state index is 0.251. The maximum atomic E-state index is 6.17. The van der Waals surface area contributed by atoms with Crippen LogP contribution < -0.4 is 5.73 Å². The summed E-state index contributed by atoms with van der Waals surface area (Å²) in [6.45, 7) is 3.73. The average Bonchev–Trinajstić information content (AvgIpc) is 2.76. The number of hydrogen-bond acceptors (Lipinski definition) is 2. The van der Waals surface area contributed by atoms with Crippen molar-refractivity contribution in [2.75, 3.05) is 0 Å². The van der Waals surface area contributed by atoms with Gasteiger partial charge in [0, 0.05) is 15.8 Å². The molecule has 0 saturated heterocycles. The molecule has 2 N–H and O–H groups in total. The molecule has 15 heavy (non-hydrogen) atoms. The normalized spacial score (nSPS) is 16.3. The Hall–Kier alpha value is -0.600. The van der Waals surface area contributed by atoms with Crippen LogP contribution in [0, 0.1) is 0 Å². The van der Waals surface area contributed by atoms with E-state index in [4.69, 9.17) is 5.73 Å². The lowest BCUT2D eigenvalue weighted by atomic mass is 10.1. The molecule has 0 amide bonds. The summed E-state index contributed by atoms with van der Waals surface area (Å²) in [6, 6.07) is 2.59. The molecule has 82 valence electrons. The van der Waals surface area contributed by atoms with Crippen LogP contribution in [0.5, 0.6) is 0 Å². The number of nitrogens with two attached hydrogens (primary N) is 1. The van der Waals surface area contributed by atoms with E-state index in [9.17, 15) is 0 Å². The van der Waals surface area contributed by atoms with E-state index in [0.29, 0.717) is 0 Å². The molecule has 0 aromatic carbocycles. The van der Waals surface area contributed by atoms with E-state index < -0.39 is 0 Å². The van der Waals surface area contributed by atoms with E-state index in [1.807, 2.05) is 17.4 Å². The Balaban J connectivity index is 1.93. The zero-order chi connectivity index (χ0) is 10.7. The summed E-state index contributed by atoms with van der Waals surface area (Å²) in [7, 11) is 0. The third-order valence-corrected chi connectivity index (χ3v) is 4.42. The Morgan fingerprint density at radius 2 is 2.40 bits per heavy atom. The van der Waals surface area contributed by atoms with E-state index in [1.165, 1.54) is 24.1 Å². The fraction of sp³-hybridized carbons (Fsp3) is 0.538. The summed E-state index contributed by atoms with van der Waals surface area (Å²) in [4.78, 5) is 2.98. The van der Waals surface area contributed by atoms with Gasteiger partial charge >= 0.3 is 0 Å². The minimum atomic E-state index is 0.251. The SMILES string of the molecule is C=CCCCC(N)c1cc2c(s1)CCC2. The van der Waals surface area contributed by atoms with Crippen LogP contribution in [0.25, 0.3) is 0 Å². The molecule has 1 aromatic rings. The molecular weight excluding hydrogens is 202 g/mol. The van der Waals surface area contributed by atoms with E-state index in [-0.39, 0.29) is 6.04 Å². The molecule has 1 heterocycles. The van der Waals surface area contributed by atoms with Gasteiger partial charge in [0.1, 0.15) is 0 Å². The van der Waals surface area contributed by atoms with Crippen LogP contribution in [0.1, 0.15) is 47.0 Å². The maximum absolute atomic E-state index is 6.17. The number of rotatable bonds is 5. The summed E-state index contributed by atoms with van der Waals surface area (Å²) in [5, 5.41) is 0. The van der Waals surface area contributed by atoms with Crippen molar-refractivity contribution in [1.82, 2.24) is 0 Å². The fourth-order valence-electron chi connectivity index (χ4n) is 2.16. The molecule has 1 aromatic heterocycles. The summed E-state index contributed by atoms with van der Waals surface area (Å²) >= 11 is 1.94. The van der Waals surface area contributed by atoms with Crippen LogP contribution in [0.15, 0.2) is 18.7 Å². The molecule has 0 saturated carbocycles. The van der Waals surface area contributed by atoms with Gasteiger partial charge < -0.3 is 5.73 Å². The van der Waals surface area contributed by atoms with Crippen molar-refractivity contribution >= 4 is 11.3 Å². The third-order valence-electron chi connectivity index (χ3n) is 3.05. The lowest BCUT2D eigenvalue weighted by Gasteiger charge is -2.08. The first-order valence-corrected chi connectivity index (χ1v) is 6.61. The van der Waals surface area contributed by atoms with Crippen molar-refractivity contribution in [3.63, 3.8) is 0 Å². The summed E-state index contributed by atoms with van der Waals surface area (Å²) in [5.41, 5.74) is 7.74. The van der Waals surface area contributed by atoms with Crippen LogP contribution >= 0.6 is 11.3 Å². The Morgan fingerprint density at radius 3 is 3.13 bits per heavy atom. The average molecular weight is 221 g/mol. The van der Waals surface area contributed by atoms with Gasteiger partial charge in [-0.05, 0) is 50.2 Å². The molecule has 0 aliphatic heterocycles. The van der Waals surface area contributed by atoms with Crippen molar-refractivity contribution < 1.29 is 0 Å². The smallest absolute Gasteiger partial charge is 0.0390 e. The van der Waals surface area contributed by atoms with E-state index in [2.05, 4.69) is 12.6 Å². The summed E-state index contributed by atoms with van der Waals surface area (Å²) in [5.74, 6) is 0. The largest absolute Gasteiger partial charge is 0.323 e. The lowest BCUT2D eigenvalue weighted by Crippen LogP contribution is -2.08. The topological polar surface area (TPSA) is 26.0 Å². The van der Waals surface area contributed by atoms with Gasteiger partial charge in [-0.1, -0.05) is 6.08 Å². The molecule has 1 atom stereocenters. The number of hydrogen-bond donors (Lipinski definition) is 1. The van der Waals surface area contributed by atoms with Gasteiger partial charge in [0.2, 0.25) is 0 Å². The highest BCUT2D eigenvalue weighted by Crippen LogP contribution is 2.34. The molecule has 0 fully saturated rings. The molecule has 1 unspecified atom stereocenters. The first kappa shape index (κ1) is 10.9. The van der Waals surface area contributed by atoms with Crippen LogP contribution in [0.4, 0.5) is 0 Å². The molecule has 0 spiro atoms. The number of thiophene rings is 1. The Morgan fingerprint density at radius 1 is 1.53 bits per heavy atom. The number of aryl methyl sites for hydroxylation is 2. The van der Waals surface area contributed by atoms with Crippen molar-refractivity contribution in [2.45, 2.75) is 44.6 Å². The van der Waals surface area contributed by atoms with Crippen LogP contribution in [0.3, 0.4) is 0 Å². The quantitative estimate of drug-likeness (QED) is 0.597. The van der Waals surface area contributed by atoms with E-state index in [0.717, 1.165) is 19.3 Å². The van der Waals surface area contributed by atoms with E-state index >= 15 is 0 Å². The van der Waals surface area contributed by atoms with Crippen LogP contribution in [-0.2, 0) is 12.8 Å². The van der Waals surface area contributed by atoms with Gasteiger partial charge in [-0.25, -0.2) is 0 Å². The zero-order valence-corrected chi connectivity index (χ0v) is 9.98. The van der Waals surface area contributed by atoms with Gasteiger partial charge in [-0.2, -0.15) is 0 Å². The molecule has 2 rings (SSSR count). The Labute approximate surface area is 96.0 Å². The number of unbranched alkanes of at least 4 members (excludes halogenated alkanes) is 1. The van der Waals surface area contributed by atoms with Crippen molar-refractivity contribution in [2.24, 2.45) is 5.73 Å². The van der Waals surface area contributed by atoms with Gasteiger partial charge in [0.25, 0.3) is 0 Å². The molecule has 1 aliphatic carbocycles. The summed E-state index contributed by atoms with van der Waals surface area (Å²) in [6.07, 6.45) is 9.19. The molecular formula is C13H19NS. The molecule has 1 aliphatic rings. The zero-order valence-electron chi connectivity index (χ0n) is 9.17. The standard InChI is InChI=1S/C13H19NS/c1-2-3-4-7-11(14)13-9-10-6-5-8-12(10)15-13/h2,9,11H,1,3-8,14H2. The van der Waals surface area contributed by atoms with E-state index in [1.54, 1.807) is 10.4 Å². The van der Waals surface area contributed by atoms with Gasteiger partial charge in [0.05, 0.1) is 0 Å². The third kappa shape index (κ3) is 2.50. The Bertz CT molecular complexity index is 319. The summed E-state index contributed by atoms with van der Waals surface area (Å²) < 4.78 is 0. The predicted octanol–water partition coefficient (Wildman–Crippen LogP) is 3.59. The van der Waals surface area contributed by atoms with Crippen molar-refractivity contribution in [1.29, 1.82) is 0 Å².